The van der Waals surface area contributed by atoms with Gasteiger partial charge in [0.1, 0.15) is 17.4 Å². The lowest BCUT2D eigenvalue weighted by atomic mass is 10.2. The predicted octanol–water partition coefficient (Wildman–Crippen LogP) is 2.77. The Morgan fingerprint density at radius 2 is 2.15 bits per heavy atom. The first-order valence-electron chi connectivity index (χ1n) is 6.61. The second-order valence-corrected chi connectivity index (χ2v) is 5.39. The average molecular weight is 292 g/mol. The van der Waals surface area contributed by atoms with E-state index >= 15 is 0 Å². The van der Waals surface area contributed by atoms with E-state index < -0.39 is 0 Å². The summed E-state index contributed by atoms with van der Waals surface area (Å²) in [5.74, 6) is 0.908. The lowest BCUT2D eigenvalue weighted by Crippen LogP contribution is -2.19. The number of ether oxygens (including phenoxy) is 2. The van der Waals surface area contributed by atoms with Gasteiger partial charge < -0.3 is 14.8 Å². The van der Waals surface area contributed by atoms with Crippen LogP contribution in [0.1, 0.15) is 16.3 Å². The highest BCUT2D eigenvalue weighted by Crippen LogP contribution is 2.20. The molecule has 1 aromatic carbocycles. The molecule has 0 fully saturated rings. The summed E-state index contributed by atoms with van der Waals surface area (Å²) in [6, 6.07) is 8.07. The number of aromatic nitrogens is 1. The predicted molar refractivity (Wildman–Crippen MR) is 81.2 cm³/mol. The van der Waals surface area contributed by atoms with Crippen molar-refractivity contribution in [2.24, 2.45) is 0 Å². The van der Waals surface area contributed by atoms with Crippen LogP contribution in [0.5, 0.6) is 5.75 Å². The van der Waals surface area contributed by atoms with E-state index in [2.05, 4.69) is 16.4 Å². The Bertz CT molecular complexity index is 528. The van der Waals surface area contributed by atoms with Crippen molar-refractivity contribution in [2.45, 2.75) is 20.1 Å². The van der Waals surface area contributed by atoms with Crippen LogP contribution in [0, 0.1) is 6.92 Å². The Hall–Kier alpha value is -1.43. The number of thiazole rings is 1. The molecule has 2 rings (SSSR count). The summed E-state index contributed by atoms with van der Waals surface area (Å²) in [4.78, 5) is 4.40. The zero-order valence-electron chi connectivity index (χ0n) is 11.9. The fourth-order valence-corrected chi connectivity index (χ4v) is 2.48. The second kappa shape index (κ2) is 7.99. The summed E-state index contributed by atoms with van der Waals surface area (Å²) >= 11 is 1.63. The molecule has 20 heavy (non-hydrogen) atoms. The van der Waals surface area contributed by atoms with Crippen molar-refractivity contribution in [3.05, 3.63) is 45.9 Å². The molecular formula is C15H20N2O2S. The maximum absolute atomic E-state index is 5.87. The molecule has 0 unspecified atom stereocenters. The summed E-state index contributed by atoms with van der Waals surface area (Å²) in [7, 11) is 1.70. The van der Waals surface area contributed by atoms with Gasteiger partial charge in [-0.25, -0.2) is 4.98 Å². The van der Waals surface area contributed by atoms with Crippen LogP contribution in [0.15, 0.2) is 29.6 Å². The maximum atomic E-state index is 5.87. The minimum absolute atomic E-state index is 0.521. The van der Waals surface area contributed by atoms with E-state index in [1.807, 2.05) is 30.5 Å². The Labute approximate surface area is 123 Å². The van der Waals surface area contributed by atoms with Crippen molar-refractivity contribution in [1.29, 1.82) is 0 Å². The van der Waals surface area contributed by atoms with Crippen LogP contribution in [0.25, 0.3) is 0 Å². The first-order valence-corrected chi connectivity index (χ1v) is 7.49. The molecule has 0 atom stereocenters. The minimum Gasteiger partial charge on any atom is -0.486 e. The number of para-hydroxylation sites is 1. The van der Waals surface area contributed by atoms with Gasteiger partial charge in [-0.05, 0) is 13.0 Å². The van der Waals surface area contributed by atoms with E-state index in [1.54, 1.807) is 18.4 Å². The average Bonchev–Trinajstić information content (AvgIpc) is 2.88. The van der Waals surface area contributed by atoms with Crippen LogP contribution in [-0.2, 0) is 17.9 Å². The SMILES string of the molecule is COCCNCc1ccccc1OCc1nc(C)cs1. The van der Waals surface area contributed by atoms with E-state index in [9.17, 15) is 0 Å². The van der Waals surface area contributed by atoms with E-state index in [0.29, 0.717) is 13.2 Å². The molecule has 0 bridgehead atoms. The molecule has 0 aliphatic rings. The lowest BCUT2D eigenvalue weighted by Gasteiger charge is -2.11. The number of nitrogens with one attached hydrogen (secondary N) is 1. The molecule has 5 heteroatoms. The van der Waals surface area contributed by atoms with Gasteiger partial charge >= 0.3 is 0 Å². The minimum atomic E-state index is 0.521. The van der Waals surface area contributed by atoms with Crippen LogP contribution >= 0.6 is 11.3 Å². The van der Waals surface area contributed by atoms with Gasteiger partial charge in [-0.1, -0.05) is 18.2 Å². The fraction of sp³-hybridized carbons (Fsp3) is 0.400. The maximum Gasteiger partial charge on any atom is 0.140 e. The molecule has 108 valence electrons. The van der Waals surface area contributed by atoms with Gasteiger partial charge in [0.25, 0.3) is 0 Å². The van der Waals surface area contributed by atoms with Gasteiger partial charge in [-0.2, -0.15) is 0 Å². The van der Waals surface area contributed by atoms with Gasteiger partial charge in [-0.3, -0.25) is 0 Å². The van der Waals surface area contributed by atoms with Gasteiger partial charge in [0.2, 0.25) is 0 Å². The topological polar surface area (TPSA) is 43.4 Å². The number of hydrogen-bond donors (Lipinski definition) is 1. The Balaban J connectivity index is 1.90. The monoisotopic (exact) mass is 292 g/mol. The van der Waals surface area contributed by atoms with E-state index in [4.69, 9.17) is 9.47 Å². The standard InChI is InChI=1S/C15H20N2O2S/c1-12-11-20-15(17-12)10-19-14-6-4-3-5-13(14)9-16-7-8-18-2/h3-6,11,16H,7-10H2,1-2H3. The molecule has 2 aromatic rings. The zero-order chi connectivity index (χ0) is 14.2. The normalized spacial score (nSPS) is 10.7. The molecule has 0 aliphatic heterocycles. The second-order valence-electron chi connectivity index (χ2n) is 4.45. The molecule has 0 saturated heterocycles. The first kappa shape index (κ1) is 15.0. The highest BCUT2D eigenvalue weighted by Gasteiger charge is 2.05. The molecule has 0 aliphatic carbocycles. The van der Waals surface area contributed by atoms with Crippen LogP contribution in [0.4, 0.5) is 0 Å². The van der Waals surface area contributed by atoms with Crippen LogP contribution in [-0.4, -0.2) is 25.2 Å². The number of aryl methyl sites for hydroxylation is 1. The van der Waals surface area contributed by atoms with Gasteiger partial charge in [0, 0.05) is 36.8 Å². The zero-order valence-corrected chi connectivity index (χ0v) is 12.7. The highest BCUT2D eigenvalue weighted by molar-refractivity contribution is 7.09. The molecular weight excluding hydrogens is 272 g/mol. The number of nitrogens with zero attached hydrogens (tertiary/aromatic N) is 1. The van der Waals surface area contributed by atoms with Gasteiger partial charge in [0.15, 0.2) is 0 Å². The third-order valence-corrected chi connectivity index (χ3v) is 3.73. The number of benzene rings is 1. The van der Waals surface area contributed by atoms with Crippen molar-refractivity contribution in [3.63, 3.8) is 0 Å². The van der Waals surface area contributed by atoms with Crippen LogP contribution in [0.2, 0.25) is 0 Å². The van der Waals surface area contributed by atoms with E-state index in [1.165, 1.54) is 0 Å². The van der Waals surface area contributed by atoms with Crippen molar-refractivity contribution >= 4 is 11.3 Å². The number of hydrogen-bond acceptors (Lipinski definition) is 5. The quantitative estimate of drug-likeness (QED) is 0.760. The van der Waals surface area contributed by atoms with Gasteiger partial charge in [0.05, 0.1) is 6.61 Å². The van der Waals surface area contributed by atoms with E-state index in [-0.39, 0.29) is 0 Å². The third-order valence-electron chi connectivity index (χ3n) is 2.79. The summed E-state index contributed by atoms with van der Waals surface area (Å²) in [5, 5.41) is 6.37. The largest absolute Gasteiger partial charge is 0.486 e. The molecule has 1 N–H and O–H groups in total. The Kier molecular flexibility index (Phi) is 5.98. The smallest absolute Gasteiger partial charge is 0.140 e. The summed E-state index contributed by atoms with van der Waals surface area (Å²) < 4.78 is 10.9. The van der Waals surface area contributed by atoms with Crippen molar-refractivity contribution in [3.8, 4) is 5.75 Å². The summed E-state index contributed by atoms with van der Waals surface area (Å²) in [6.45, 7) is 4.83. The molecule has 0 radical (unpaired) electrons. The molecule has 1 heterocycles. The Morgan fingerprint density at radius 3 is 2.90 bits per heavy atom. The number of methoxy groups -OCH3 is 1. The van der Waals surface area contributed by atoms with Gasteiger partial charge in [-0.15, -0.1) is 11.3 Å². The lowest BCUT2D eigenvalue weighted by molar-refractivity contribution is 0.199. The molecule has 0 amide bonds. The van der Waals surface area contributed by atoms with Crippen molar-refractivity contribution in [1.82, 2.24) is 10.3 Å². The van der Waals surface area contributed by atoms with Crippen molar-refractivity contribution < 1.29 is 9.47 Å². The fourth-order valence-electron chi connectivity index (χ4n) is 1.80. The van der Waals surface area contributed by atoms with Crippen molar-refractivity contribution in [2.75, 3.05) is 20.3 Å². The molecule has 0 saturated carbocycles. The third kappa shape index (κ3) is 4.59. The number of rotatable bonds is 8. The first-order chi connectivity index (χ1) is 9.79. The summed E-state index contributed by atoms with van der Waals surface area (Å²) in [5.41, 5.74) is 2.19. The van der Waals surface area contributed by atoms with E-state index in [0.717, 1.165) is 35.1 Å². The highest BCUT2D eigenvalue weighted by atomic mass is 32.1. The Morgan fingerprint density at radius 1 is 1.30 bits per heavy atom. The molecule has 1 aromatic heterocycles. The molecule has 4 nitrogen and oxygen atoms in total. The molecule has 0 spiro atoms. The summed E-state index contributed by atoms with van der Waals surface area (Å²) in [6.07, 6.45) is 0. The van der Waals surface area contributed by atoms with Crippen LogP contribution in [0.3, 0.4) is 0 Å². The van der Waals surface area contributed by atoms with Crippen LogP contribution < -0.4 is 10.1 Å².